The van der Waals surface area contributed by atoms with Gasteiger partial charge in [0.05, 0.1) is 6.61 Å². The van der Waals surface area contributed by atoms with Crippen LogP contribution in [0.5, 0.6) is 5.88 Å². The van der Waals surface area contributed by atoms with Gasteiger partial charge in [-0.1, -0.05) is 0 Å². The van der Waals surface area contributed by atoms with E-state index in [4.69, 9.17) is 4.74 Å². The van der Waals surface area contributed by atoms with Crippen LogP contribution >= 0.6 is 0 Å². The Hall–Kier alpha value is -1.06. The molecule has 0 fully saturated rings. The highest BCUT2D eigenvalue weighted by Crippen LogP contribution is 2.25. The van der Waals surface area contributed by atoms with E-state index >= 15 is 0 Å². The van der Waals surface area contributed by atoms with Crippen LogP contribution in [0.3, 0.4) is 0 Å². The maximum atomic E-state index is 12.3. The molecule has 3 nitrogen and oxygen atoms in total. The first-order valence-electron chi connectivity index (χ1n) is 4.08. The average Bonchev–Trinajstić information content (AvgIpc) is 2.44. The van der Waals surface area contributed by atoms with Crippen molar-refractivity contribution in [3.05, 3.63) is 11.3 Å². The second-order valence-electron chi connectivity index (χ2n) is 2.94. The Kier molecular flexibility index (Phi) is 1.75. The molecule has 1 aromatic heterocycles. The fourth-order valence-corrected chi connectivity index (χ4v) is 1.43. The standard InChI is InChI=1S/C8H11FN2O/c1-6-7(5-9)10-11-3-2-4-12-8(6)11/h2-5H2,1H3. The SMILES string of the molecule is Cc1c(CF)nn2c1OCCC2. The van der Waals surface area contributed by atoms with E-state index in [1.165, 1.54) is 0 Å². The van der Waals surface area contributed by atoms with Crippen molar-refractivity contribution in [2.45, 2.75) is 26.6 Å². The molecule has 2 heterocycles. The third kappa shape index (κ3) is 0.983. The lowest BCUT2D eigenvalue weighted by molar-refractivity contribution is 0.229. The van der Waals surface area contributed by atoms with Crippen molar-refractivity contribution >= 4 is 0 Å². The number of hydrogen-bond donors (Lipinski definition) is 0. The van der Waals surface area contributed by atoms with E-state index in [1.54, 1.807) is 4.68 Å². The number of rotatable bonds is 1. The van der Waals surface area contributed by atoms with Gasteiger partial charge in [0.15, 0.2) is 0 Å². The van der Waals surface area contributed by atoms with Crippen molar-refractivity contribution in [1.29, 1.82) is 0 Å². The van der Waals surface area contributed by atoms with Crippen molar-refractivity contribution in [2.75, 3.05) is 6.61 Å². The van der Waals surface area contributed by atoms with Crippen LogP contribution in [0.2, 0.25) is 0 Å². The van der Waals surface area contributed by atoms with Crippen LogP contribution in [0.25, 0.3) is 0 Å². The molecular formula is C8H11FN2O. The maximum absolute atomic E-state index is 12.3. The number of ether oxygens (including phenoxy) is 1. The monoisotopic (exact) mass is 170 g/mol. The summed E-state index contributed by atoms with van der Waals surface area (Å²) in [5.74, 6) is 0.744. The first-order valence-corrected chi connectivity index (χ1v) is 4.08. The molecule has 0 bridgehead atoms. The Morgan fingerprint density at radius 3 is 3.17 bits per heavy atom. The van der Waals surface area contributed by atoms with Gasteiger partial charge in [0.1, 0.15) is 12.4 Å². The molecule has 0 amide bonds. The Bertz CT molecular complexity index is 295. The second-order valence-corrected chi connectivity index (χ2v) is 2.94. The first-order chi connectivity index (χ1) is 5.83. The highest BCUT2D eigenvalue weighted by Gasteiger charge is 2.17. The molecule has 0 spiro atoms. The third-order valence-electron chi connectivity index (χ3n) is 2.11. The molecule has 4 heteroatoms. The van der Waals surface area contributed by atoms with Crippen molar-refractivity contribution in [3.63, 3.8) is 0 Å². The van der Waals surface area contributed by atoms with Crippen LogP contribution in [0.4, 0.5) is 4.39 Å². The Labute approximate surface area is 70.1 Å². The molecule has 2 rings (SSSR count). The Morgan fingerprint density at radius 2 is 2.50 bits per heavy atom. The van der Waals surface area contributed by atoms with Crippen LogP contribution in [-0.2, 0) is 13.2 Å². The van der Waals surface area contributed by atoms with Gasteiger partial charge in [-0.2, -0.15) is 5.10 Å². The summed E-state index contributed by atoms with van der Waals surface area (Å²) < 4.78 is 19.5. The molecule has 12 heavy (non-hydrogen) atoms. The summed E-state index contributed by atoms with van der Waals surface area (Å²) >= 11 is 0. The van der Waals surface area contributed by atoms with Gasteiger partial charge in [-0.25, -0.2) is 9.07 Å². The fraction of sp³-hybridized carbons (Fsp3) is 0.625. The Morgan fingerprint density at radius 1 is 1.67 bits per heavy atom. The molecule has 0 aliphatic carbocycles. The summed E-state index contributed by atoms with van der Waals surface area (Å²) in [5, 5.41) is 4.09. The molecule has 66 valence electrons. The molecule has 1 aliphatic rings. The normalized spacial score (nSPS) is 15.5. The van der Waals surface area contributed by atoms with Crippen molar-refractivity contribution in [2.24, 2.45) is 0 Å². The highest BCUT2D eigenvalue weighted by atomic mass is 19.1. The number of aryl methyl sites for hydroxylation is 1. The van der Waals surface area contributed by atoms with E-state index in [0.29, 0.717) is 5.69 Å². The van der Waals surface area contributed by atoms with Gasteiger partial charge in [0.2, 0.25) is 5.88 Å². The summed E-state index contributed by atoms with van der Waals surface area (Å²) in [6, 6.07) is 0. The molecule has 1 aromatic rings. The van der Waals surface area contributed by atoms with Crippen LogP contribution in [-0.4, -0.2) is 16.4 Å². The van der Waals surface area contributed by atoms with Crippen LogP contribution in [0, 0.1) is 6.92 Å². The summed E-state index contributed by atoms with van der Waals surface area (Å²) in [4.78, 5) is 0. The number of hydrogen-bond acceptors (Lipinski definition) is 2. The van der Waals surface area contributed by atoms with Crippen molar-refractivity contribution in [1.82, 2.24) is 9.78 Å². The predicted octanol–water partition coefficient (Wildman–Crippen LogP) is 1.44. The first kappa shape index (κ1) is 7.58. The Balaban J connectivity index is 2.44. The molecule has 0 radical (unpaired) electrons. The zero-order chi connectivity index (χ0) is 8.55. The van der Waals surface area contributed by atoms with Crippen LogP contribution in [0.1, 0.15) is 17.7 Å². The minimum Gasteiger partial charge on any atom is -0.478 e. The molecule has 1 aliphatic heterocycles. The molecule has 0 saturated heterocycles. The number of alkyl halides is 1. The predicted molar refractivity (Wildman–Crippen MR) is 41.9 cm³/mol. The number of nitrogens with zero attached hydrogens (tertiary/aromatic N) is 2. The van der Waals surface area contributed by atoms with E-state index in [2.05, 4.69) is 5.10 Å². The second kappa shape index (κ2) is 2.77. The van der Waals surface area contributed by atoms with E-state index in [0.717, 1.165) is 31.0 Å². The third-order valence-corrected chi connectivity index (χ3v) is 2.11. The minimum absolute atomic E-state index is 0.505. The fourth-order valence-electron chi connectivity index (χ4n) is 1.43. The van der Waals surface area contributed by atoms with Crippen LogP contribution < -0.4 is 4.74 Å². The molecule has 0 saturated carbocycles. The minimum atomic E-state index is -0.505. The van der Waals surface area contributed by atoms with Crippen molar-refractivity contribution in [3.8, 4) is 5.88 Å². The summed E-state index contributed by atoms with van der Waals surface area (Å²) in [6.45, 7) is 2.91. The van der Waals surface area contributed by atoms with Gasteiger partial charge in [0.25, 0.3) is 0 Å². The van der Waals surface area contributed by atoms with E-state index in [-0.39, 0.29) is 0 Å². The summed E-state index contributed by atoms with van der Waals surface area (Å²) in [6.07, 6.45) is 0.958. The average molecular weight is 170 g/mol. The van der Waals surface area contributed by atoms with Gasteiger partial charge in [-0.05, 0) is 6.92 Å². The molecular weight excluding hydrogens is 159 g/mol. The molecule has 0 N–H and O–H groups in total. The molecule has 0 atom stereocenters. The largest absolute Gasteiger partial charge is 0.478 e. The van der Waals surface area contributed by atoms with E-state index in [9.17, 15) is 4.39 Å². The van der Waals surface area contributed by atoms with Crippen molar-refractivity contribution < 1.29 is 9.13 Å². The highest BCUT2D eigenvalue weighted by molar-refractivity contribution is 5.30. The van der Waals surface area contributed by atoms with E-state index < -0.39 is 6.67 Å². The van der Waals surface area contributed by atoms with Gasteiger partial charge >= 0.3 is 0 Å². The lowest BCUT2D eigenvalue weighted by atomic mass is 10.3. The number of halogens is 1. The number of aromatic nitrogens is 2. The zero-order valence-corrected chi connectivity index (χ0v) is 7.01. The quantitative estimate of drug-likeness (QED) is 0.637. The maximum Gasteiger partial charge on any atom is 0.215 e. The van der Waals surface area contributed by atoms with Gasteiger partial charge in [-0.15, -0.1) is 0 Å². The molecule has 0 unspecified atom stereocenters. The smallest absolute Gasteiger partial charge is 0.215 e. The van der Waals surface area contributed by atoms with Gasteiger partial charge in [-0.3, -0.25) is 0 Å². The van der Waals surface area contributed by atoms with Gasteiger partial charge < -0.3 is 4.74 Å². The van der Waals surface area contributed by atoms with Gasteiger partial charge in [0, 0.05) is 18.5 Å². The number of fused-ring (bicyclic) bond motifs is 1. The van der Waals surface area contributed by atoms with Crippen LogP contribution in [0.15, 0.2) is 0 Å². The molecule has 0 aromatic carbocycles. The lowest BCUT2D eigenvalue weighted by Gasteiger charge is -2.14. The summed E-state index contributed by atoms with van der Waals surface area (Å²) in [5.41, 5.74) is 1.35. The topological polar surface area (TPSA) is 27.1 Å². The van der Waals surface area contributed by atoms with E-state index in [1.807, 2.05) is 6.92 Å². The lowest BCUT2D eigenvalue weighted by Crippen LogP contribution is -2.14. The zero-order valence-electron chi connectivity index (χ0n) is 7.01. The summed E-state index contributed by atoms with van der Waals surface area (Å²) in [7, 11) is 0.